The number of aromatic nitrogens is 2. The Labute approximate surface area is 181 Å². The lowest BCUT2D eigenvalue weighted by Gasteiger charge is -2.15. The van der Waals surface area contributed by atoms with Crippen LogP contribution in [-0.4, -0.2) is 33.5 Å². The number of non-ortho nitro benzene ring substituents is 1. The van der Waals surface area contributed by atoms with Crippen LogP contribution in [0.3, 0.4) is 0 Å². The van der Waals surface area contributed by atoms with Crippen molar-refractivity contribution in [3.05, 3.63) is 81.4 Å². The van der Waals surface area contributed by atoms with Crippen LogP contribution in [0.5, 0.6) is 0 Å². The zero-order valence-corrected chi connectivity index (χ0v) is 17.0. The molecule has 1 aliphatic rings. The predicted molar refractivity (Wildman–Crippen MR) is 117 cm³/mol. The number of nitro benzene ring substituents is 1. The number of hydrogen-bond donors (Lipinski definition) is 1. The molecule has 0 saturated carbocycles. The van der Waals surface area contributed by atoms with E-state index in [0.717, 1.165) is 5.69 Å². The predicted octanol–water partition coefficient (Wildman–Crippen LogP) is 3.62. The molecule has 9 nitrogen and oxygen atoms in total. The first kappa shape index (κ1) is 20.4. The molecular formula is C21H17N5O4S. The molecule has 0 radical (unpaired) electrons. The lowest BCUT2D eigenvalue weighted by atomic mass is 10.1. The first-order valence-corrected chi connectivity index (χ1v) is 10.2. The number of carbonyl (C=O) groups excluding carboxylic acids is 2. The van der Waals surface area contributed by atoms with Crippen molar-refractivity contribution in [2.24, 2.45) is 0 Å². The molecule has 0 spiro atoms. The minimum atomic E-state index is -0.493. The highest BCUT2D eigenvalue weighted by molar-refractivity contribution is 7.15. The summed E-state index contributed by atoms with van der Waals surface area (Å²) in [7, 11) is 0. The molecule has 4 rings (SSSR count). The molecule has 1 aliphatic heterocycles. The lowest BCUT2D eigenvalue weighted by Crippen LogP contribution is -2.24. The van der Waals surface area contributed by atoms with Gasteiger partial charge in [0.25, 0.3) is 5.69 Å². The number of carbonyl (C=O) groups is 2. The van der Waals surface area contributed by atoms with E-state index in [2.05, 4.69) is 15.5 Å². The Morgan fingerprint density at radius 2 is 2.00 bits per heavy atom. The number of nitrogens with one attached hydrogen (secondary N) is 1. The molecule has 2 heterocycles. The molecule has 10 heteroatoms. The van der Waals surface area contributed by atoms with Crippen molar-refractivity contribution in [1.82, 2.24) is 10.2 Å². The van der Waals surface area contributed by atoms with Gasteiger partial charge in [0.2, 0.25) is 16.9 Å². The van der Waals surface area contributed by atoms with Gasteiger partial charge in [-0.3, -0.25) is 25.0 Å². The third-order valence-electron chi connectivity index (χ3n) is 4.72. The Bertz CT molecular complexity index is 1160. The second-order valence-corrected chi connectivity index (χ2v) is 7.87. The third kappa shape index (κ3) is 4.81. The van der Waals surface area contributed by atoms with Crippen LogP contribution in [0.1, 0.15) is 22.9 Å². The fourth-order valence-corrected chi connectivity index (χ4v) is 4.08. The van der Waals surface area contributed by atoms with Crippen LogP contribution < -0.4 is 10.2 Å². The van der Waals surface area contributed by atoms with Gasteiger partial charge in [0, 0.05) is 42.8 Å². The van der Waals surface area contributed by atoms with Gasteiger partial charge < -0.3 is 4.90 Å². The molecule has 3 aromatic rings. The summed E-state index contributed by atoms with van der Waals surface area (Å²) in [6.07, 6.45) is 3.10. The van der Waals surface area contributed by atoms with Crippen molar-refractivity contribution in [3.8, 4) is 0 Å². The van der Waals surface area contributed by atoms with Gasteiger partial charge in [0.15, 0.2) is 0 Å². The van der Waals surface area contributed by atoms with E-state index in [0.29, 0.717) is 28.7 Å². The topological polar surface area (TPSA) is 118 Å². The highest BCUT2D eigenvalue weighted by Gasteiger charge is 2.33. The summed E-state index contributed by atoms with van der Waals surface area (Å²) < 4.78 is 0. The maximum absolute atomic E-state index is 12.4. The molecule has 0 aliphatic carbocycles. The molecule has 1 unspecified atom stereocenters. The van der Waals surface area contributed by atoms with Crippen LogP contribution in [0.4, 0.5) is 16.5 Å². The lowest BCUT2D eigenvalue weighted by molar-refractivity contribution is -0.384. The number of anilines is 2. The van der Waals surface area contributed by atoms with E-state index in [1.807, 2.05) is 30.3 Å². The van der Waals surface area contributed by atoms with E-state index in [-0.39, 0.29) is 17.5 Å². The summed E-state index contributed by atoms with van der Waals surface area (Å²) in [5.74, 6) is -0.490. The van der Waals surface area contributed by atoms with Crippen molar-refractivity contribution in [2.75, 3.05) is 16.8 Å². The Hall–Kier alpha value is -3.92. The summed E-state index contributed by atoms with van der Waals surface area (Å²) in [6.45, 7) is 0.512. The van der Waals surface area contributed by atoms with Crippen LogP contribution in [0.25, 0.3) is 6.08 Å². The van der Waals surface area contributed by atoms with Gasteiger partial charge in [-0.1, -0.05) is 41.7 Å². The minimum Gasteiger partial charge on any atom is -0.312 e. The van der Waals surface area contributed by atoms with Gasteiger partial charge in [-0.15, -0.1) is 10.2 Å². The molecule has 2 aromatic carbocycles. The van der Waals surface area contributed by atoms with Crippen molar-refractivity contribution in [3.63, 3.8) is 0 Å². The largest absolute Gasteiger partial charge is 0.312 e. The standard InChI is InChI=1S/C21H17N5O4S/c27-18(10-9-14-5-4-8-17(11-14)26(29)30)22-21-24-23-20(31-21)15-12-19(28)25(13-15)16-6-2-1-3-7-16/h1-11,15H,12-13H2,(H,22,24,27)/b10-9+. The van der Waals surface area contributed by atoms with Crippen LogP contribution in [0.15, 0.2) is 60.7 Å². The molecule has 1 atom stereocenters. The summed E-state index contributed by atoms with van der Waals surface area (Å²) in [4.78, 5) is 36.6. The van der Waals surface area contributed by atoms with Gasteiger partial charge in [-0.25, -0.2) is 0 Å². The van der Waals surface area contributed by atoms with Gasteiger partial charge >= 0.3 is 0 Å². The second kappa shape index (κ2) is 8.84. The minimum absolute atomic E-state index is 0.0249. The highest BCUT2D eigenvalue weighted by atomic mass is 32.1. The van der Waals surface area contributed by atoms with E-state index in [1.54, 1.807) is 17.0 Å². The molecule has 0 bridgehead atoms. The number of para-hydroxylation sites is 1. The smallest absolute Gasteiger partial charge is 0.270 e. The number of benzene rings is 2. The van der Waals surface area contributed by atoms with E-state index < -0.39 is 10.8 Å². The number of nitro groups is 1. The monoisotopic (exact) mass is 435 g/mol. The van der Waals surface area contributed by atoms with Crippen molar-refractivity contribution >= 4 is 45.7 Å². The zero-order valence-electron chi connectivity index (χ0n) is 16.2. The van der Waals surface area contributed by atoms with Crippen LogP contribution in [-0.2, 0) is 9.59 Å². The molecular weight excluding hydrogens is 418 g/mol. The first-order chi connectivity index (χ1) is 15.0. The number of amides is 2. The fraction of sp³-hybridized carbons (Fsp3) is 0.143. The molecule has 1 aromatic heterocycles. The van der Waals surface area contributed by atoms with Gasteiger partial charge in [-0.05, 0) is 23.8 Å². The average Bonchev–Trinajstić information content (AvgIpc) is 3.39. The first-order valence-electron chi connectivity index (χ1n) is 9.42. The van der Waals surface area contributed by atoms with Gasteiger partial charge in [-0.2, -0.15) is 0 Å². The molecule has 1 saturated heterocycles. The Balaban J connectivity index is 1.38. The number of hydrogen-bond acceptors (Lipinski definition) is 7. The van der Waals surface area contributed by atoms with Gasteiger partial charge in [0.05, 0.1) is 4.92 Å². The quantitative estimate of drug-likeness (QED) is 0.359. The van der Waals surface area contributed by atoms with Crippen LogP contribution in [0.2, 0.25) is 0 Å². The van der Waals surface area contributed by atoms with E-state index in [4.69, 9.17) is 0 Å². The average molecular weight is 435 g/mol. The van der Waals surface area contributed by atoms with E-state index >= 15 is 0 Å². The van der Waals surface area contributed by atoms with Crippen molar-refractivity contribution in [1.29, 1.82) is 0 Å². The maximum atomic E-state index is 12.4. The molecule has 156 valence electrons. The van der Waals surface area contributed by atoms with Crippen LogP contribution in [0, 0.1) is 10.1 Å². The van der Waals surface area contributed by atoms with E-state index in [1.165, 1.54) is 35.6 Å². The van der Waals surface area contributed by atoms with Crippen molar-refractivity contribution in [2.45, 2.75) is 12.3 Å². The summed E-state index contributed by atoms with van der Waals surface area (Å²) in [5, 5.41) is 22.6. The summed E-state index contributed by atoms with van der Waals surface area (Å²) in [5.41, 5.74) is 1.33. The third-order valence-corrected chi connectivity index (χ3v) is 5.72. The van der Waals surface area contributed by atoms with Crippen LogP contribution >= 0.6 is 11.3 Å². The highest BCUT2D eigenvalue weighted by Crippen LogP contribution is 2.34. The molecule has 1 fully saturated rings. The second-order valence-electron chi connectivity index (χ2n) is 6.86. The van der Waals surface area contributed by atoms with Gasteiger partial charge in [0.1, 0.15) is 5.01 Å². The summed E-state index contributed by atoms with van der Waals surface area (Å²) in [6, 6.07) is 15.4. The number of rotatable bonds is 6. The molecule has 1 N–H and O–H groups in total. The zero-order chi connectivity index (χ0) is 21.8. The summed E-state index contributed by atoms with van der Waals surface area (Å²) >= 11 is 1.23. The SMILES string of the molecule is O=C(/C=C/c1cccc([N+](=O)[O-])c1)Nc1nnc(C2CC(=O)N(c3ccccc3)C2)s1. The molecule has 31 heavy (non-hydrogen) atoms. The Morgan fingerprint density at radius 1 is 1.19 bits per heavy atom. The Morgan fingerprint density at radius 3 is 2.77 bits per heavy atom. The molecule has 2 amide bonds. The van der Waals surface area contributed by atoms with E-state index in [9.17, 15) is 19.7 Å². The number of nitrogens with zero attached hydrogens (tertiary/aromatic N) is 4. The normalized spacial score (nSPS) is 16.1. The Kier molecular flexibility index (Phi) is 5.80. The maximum Gasteiger partial charge on any atom is 0.270 e. The fourth-order valence-electron chi connectivity index (χ4n) is 3.24. The van der Waals surface area contributed by atoms with Crippen molar-refractivity contribution < 1.29 is 14.5 Å².